The van der Waals surface area contributed by atoms with E-state index in [2.05, 4.69) is 5.32 Å². The number of nitrogen functional groups attached to an aromatic ring is 1. The Labute approximate surface area is 94.5 Å². The molecule has 88 valence electrons. The first-order chi connectivity index (χ1) is 7.69. The van der Waals surface area contributed by atoms with Crippen molar-refractivity contribution in [1.82, 2.24) is 5.32 Å². The minimum Gasteiger partial charge on any atom is -0.489 e. The van der Waals surface area contributed by atoms with Crippen LogP contribution in [-0.4, -0.2) is 33.3 Å². The van der Waals surface area contributed by atoms with Crippen molar-refractivity contribution in [3.8, 4) is 5.75 Å². The molecule has 0 aliphatic heterocycles. The number of hydrogen-bond acceptors (Lipinski definition) is 4. The smallest absolute Gasteiger partial charge is 0.251 e. The van der Waals surface area contributed by atoms with E-state index in [1.165, 1.54) is 0 Å². The zero-order valence-electron chi connectivity index (χ0n) is 9.45. The predicted molar refractivity (Wildman–Crippen MR) is 61.6 cm³/mol. The molecule has 1 aromatic carbocycles. The van der Waals surface area contributed by atoms with Crippen molar-refractivity contribution >= 4 is 11.6 Å². The van der Waals surface area contributed by atoms with Crippen molar-refractivity contribution in [3.05, 3.63) is 23.8 Å². The Balaban J connectivity index is 2.71. The van der Waals surface area contributed by atoms with Gasteiger partial charge in [-0.05, 0) is 18.2 Å². The Morgan fingerprint density at radius 2 is 2.19 bits per heavy atom. The largest absolute Gasteiger partial charge is 0.489 e. The van der Waals surface area contributed by atoms with Gasteiger partial charge in [-0.2, -0.15) is 0 Å². The zero-order chi connectivity index (χ0) is 12.0. The van der Waals surface area contributed by atoms with E-state index in [4.69, 9.17) is 15.2 Å². The summed E-state index contributed by atoms with van der Waals surface area (Å²) in [7, 11) is 3.17. The summed E-state index contributed by atoms with van der Waals surface area (Å²) in [5, 5.41) is 2.52. The minimum absolute atomic E-state index is 0.171. The number of anilines is 1. The average Bonchev–Trinajstić information content (AvgIpc) is 2.30. The SMILES string of the molecule is CNC(=O)c1ccc(OCCOC)c(N)c1. The van der Waals surface area contributed by atoms with Crippen molar-refractivity contribution in [3.63, 3.8) is 0 Å². The van der Waals surface area contributed by atoms with Crippen LogP contribution >= 0.6 is 0 Å². The Hall–Kier alpha value is -1.75. The van der Waals surface area contributed by atoms with Gasteiger partial charge in [0.1, 0.15) is 12.4 Å². The lowest BCUT2D eigenvalue weighted by molar-refractivity contribution is 0.0963. The predicted octanol–water partition coefficient (Wildman–Crippen LogP) is 0.654. The molecule has 0 unspecified atom stereocenters. The average molecular weight is 224 g/mol. The normalized spacial score (nSPS) is 9.88. The van der Waals surface area contributed by atoms with E-state index in [0.29, 0.717) is 30.2 Å². The van der Waals surface area contributed by atoms with Gasteiger partial charge in [-0.15, -0.1) is 0 Å². The fraction of sp³-hybridized carbons (Fsp3) is 0.364. The third-order valence-corrected chi connectivity index (χ3v) is 2.04. The van der Waals surface area contributed by atoms with Gasteiger partial charge in [0.2, 0.25) is 0 Å². The highest BCUT2D eigenvalue weighted by molar-refractivity contribution is 5.95. The van der Waals surface area contributed by atoms with Gasteiger partial charge in [0.15, 0.2) is 0 Å². The number of amides is 1. The summed E-state index contributed by atoms with van der Waals surface area (Å²) >= 11 is 0. The molecule has 0 heterocycles. The van der Waals surface area contributed by atoms with E-state index in [-0.39, 0.29) is 5.91 Å². The second-order valence-corrected chi connectivity index (χ2v) is 3.17. The Morgan fingerprint density at radius 1 is 1.44 bits per heavy atom. The lowest BCUT2D eigenvalue weighted by Gasteiger charge is -2.09. The van der Waals surface area contributed by atoms with Gasteiger partial charge in [0, 0.05) is 19.7 Å². The molecule has 5 nitrogen and oxygen atoms in total. The molecule has 1 aromatic rings. The second kappa shape index (κ2) is 5.97. The molecule has 0 fully saturated rings. The molecule has 0 atom stereocenters. The molecular formula is C11H16N2O3. The third-order valence-electron chi connectivity index (χ3n) is 2.04. The highest BCUT2D eigenvalue weighted by Gasteiger charge is 2.06. The van der Waals surface area contributed by atoms with E-state index in [1.54, 1.807) is 32.4 Å². The van der Waals surface area contributed by atoms with Crippen molar-refractivity contribution in [2.24, 2.45) is 0 Å². The van der Waals surface area contributed by atoms with Crippen LogP contribution in [0, 0.1) is 0 Å². The second-order valence-electron chi connectivity index (χ2n) is 3.17. The van der Waals surface area contributed by atoms with E-state index in [9.17, 15) is 4.79 Å². The zero-order valence-corrected chi connectivity index (χ0v) is 9.45. The van der Waals surface area contributed by atoms with Crippen LogP contribution in [0.2, 0.25) is 0 Å². The van der Waals surface area contributed by atoms with Gasteiger partial charge in [-0.25, -0.2) is 0 Å². The van der Waals surface area contributed by atoms with Gasteiger partial charge in [0.05, 0.1) is 12.3 Å². The fourth-order valence-corrected chi connectivity index (χ4v) is 1.20. The quantitative estimate of drug-likeness (QED) is 0.569. The summed E-state index contributed by atoms with van der Waals surface area (Å²) in [6.45, 7) is 0.927. The van der Waals surface area contributed by atoms with Crippen LogP contribution in [0.3, 0.4) is 0 Å². The summed E-state index contributed by atoms with van der Waals surface area (Å²) in [6, 6.07) is 4.92. The molecule has 0 saturated heterocycles. The van der Waals surface area contributed by atoms with Gasteiger partial charge in [-0.3, -0.25) is 4.79 Å². The van der Waals surface area contributed by atoms with E-state index in [0.717, 1.165) is 0 Å². The first kappa shape index (κ1) is 12.3. The van der Waals surface area contributed by atoms with Crippen LogP contribution in [-0.2, 0) is 4.74 Å². The number of carbonyl (C=O) groups is 1. The molecule has 16 heavy (non-hydrogen) atoms. The standard InChI is InChI=1S/C11H16N2O3/c1-13-11(14)8-3-4-10(9(12)7-8)16-6-5-15-2/h3-4,7H,5-6,12H2,1-2H3,(H,13,14). The molecular weight excluding hydrogens is 208 g/mol. The molecule has 1 rings (SSSR count). The monoisotopic (exact) mass is 224 g/mol. The summed E-state index contributed by atoms with van der Waals surface area (Å²) in [5.41, 5.74) is 6.71. The summed E-state index contributed by atoms with van der Waals surface area (Å²) in [6.07, 6.45) is 0. The number of rotatable bonds is 5. The number of benzene rings is 1. The maximum absolute atomic E-state index is 11.3. The number of hydrogen-bond donors (Lipinski definition) is 2. The Bertz CT molecular complexity index is 366. The van der Waals surface area contributed by atoms with Crippen molar-refractivity contribution < 1.29 is 14.3 Å². The van der Waals surface area contributed by atoms with Gasteiger partial charge in [0.25, 0.3) is 5.91 Å². The number of ether oxygens (including phenoxy) is 2. The van der Waals surface area contributed by atoms with E-state index >= 15 is 0 Å². The number of carbonyl (C=O) groups excluding carboxylic acids is 1. The summed E-state index contributed by atoms with van der Waals surface area (Å²) in [5.74, 6) is 0.389. The molecule has 0 bridgehead atoms. The van der Waals surface area contributed by atoms with Gasteiger partial charge in [-0.1, -0.05) is 0 Å². The van der Waals surface area contributed by atoms with Crippen molar-refractivity contribution in [2.75, 3.05) is 33.1 Å². The molecule has 0 aromatic heterocycles. The van der Waals surface area contributed by atoms with Crippen molar-refractivity contribution in [1.29, 1.82) is 0 Å². The third kappa shape index (κ3) is 3.13. The van der Waals surface area contributed by atoms with Crippen LogP contribution < -0.4 is 15.8 Å². The van der Waals surface area contributed by atoms with Crippen LogP contribution in [0.15, 0.2) is 18.2 Å². The maximum atomic E-state index is 11.3. The molecule has 0 aliphatic carbocycles. The maximum Gasteiger partial charge on any atom is 0.251 e. The molecule has 0 aliphatic rings. The summed E-state index contributed by atoms with van der Waals surface area (Å²) < 4.78 is 10.2. The van der Waals surface area contributed by atoms with E-state index < -0.39 is 0 Å². The Morgan fingerprint density at radius 3 is 2.75 bits per heavy atom. The van der Waals surface area contributed by atoms with Crippen LogP contribution in [0.4, 0.5) is 5.69 Å². The topological polar surface area (TPSA) is 73.6 Å². The number of nitrogens with one attached hydrogen (secondary N) is 1. The first-order valence-corrected chi connectivity index (χ1v) is 4.92. The van der Waals surface area contributed by atoms with Crippen LogP contribution in [0.25, 0.3) is 0 Å². The number of methoxy groups -OCH3 is 1. The molecule has 5 heteroatoms. The van der Waals surface area contributed by atoms with Gasteiger partial charge < -0.3 is 20.5 Å². The molecule has 0 spiro atoms. The molecule has 0 radical (unpaired) electrons. The van der Waals surface area contributed by atoms with Crippen molar-refractivity contribution in [2.45, 2.75) is 0 Å². The molecule has 0 saturated carbocycles. The fourth-order valence-electron chi connectivity index (χ4n) is 1.20. The van der Waals surface area contributed by atoms with E-state index in [1.807, 2.05) is 0 Å². The Kier molecular flexibility index (Phi) is 4.60. The number of nitrogens with two attached hydrogens (primary N) is 1. The first-order valence-electron chi connectivity index (χ1n) is 4.92. The minimum atomic E-state index is -0.171. The molecule has 1 amide bonds. The lowest BCUT2D eigenvalue weighted by Crippen LogP contribution is -2.18. The highest BCUT2D eigenvalue weighted by atomic mass is 16.5. The lowest BCUT2D eigenvalue weighted by atomic mass is 10.2. The molecule has 3 N–H and O–H groups in total. The van der Waals surface area contributed by atoms with Crippen LogP contribution in [0.5, 0.6) is 5.75 Å². The highest BCUT2D eigenvalue weighted by Crippen LogP contribution is 2.22. The van der Waals surface area contributed by atoms with Crippen LogP contribution in [0.1, 0.15) is 10.4 Å². The van der Waals surface area contributed by atoms with Gasteiger partial charge >= 0.3 is 0 Å². The summed E-state index contributed by atoms with van der Waals surface area (Å²) in [4.78, 5) is 11.3.